The van der Waals surface area contributed by atoms with Crippen LogP contribution in [0.15, 0.2) is 27.4 Å². The highest BCUT2D eigenvalue weighted by molar-refractivity contribution is 9.15. The van der Waals surface area contributed by atoms with Gasteiger partial charge in [-0.2, -0.15) is 0 Å². The van der Waals surface area contributed by atoms with E-state index in [1.165, 1.54) is 6.07 Å². The zero-order chi connectivity index (χ0) is 17.6. The van der Waals surface area contributed by atoms with Crippen LogP contribution in [0.25, 0.3) is 15.5 Å². The zero-order valence-corrected chi connectivity index (χ0v) is 14.2. The van der Waals surface area contributed by atoms with E-state index < -0.39 is 23.5 Å². The molecule has 1 atom stereocenters. The predicted molar refractivity (Wildman–Crippen MR) is 86.6 cm³/mol. The van der Waals surface area contributed by atoms with Gasteiger partial charge in [-0.05, 0) is 40.5 Å². The summed E-state index contributed by atoms with van der Waals surface area (Å²) in [5.74, 6) is -2.09. The average molecular weight is 395 g/mol. The molecule has 1 N–H and O–H groups in total. The number of phenolic OH excluding ortho intramolecular Hbond substituents is 1. The number of rotatable bonds is 1. The van der Waals surface area contributed by atoms with Crippen molar-refractivity contribution in [3.05, 3.63) is 45.3 Å². The van der Waals surface area contributed by atoms with Crippen LogP contribution in [0.2, 0.25) is 0 Å². The van der Waals surface area contributed by atoms with Gasteiger partial charge in [-0.3, -0.25) is 4.79 Å². The van der Waals surface area contributed by atoms with Gasteiger partial charge in [-0.1, -0.05) is 0 Å². The van der Waals surface area contributed by atoms with Crippen LogP contribution in [-0.4, -0.2) is 24.2 Å². The SMILES string of the molecule is COC(=O)[C@H]1OC(=O)C=C(Br)c2oc3cc(C)cc(O)c3c(=O)c21. The molecule has 7 nitrogen and oxygen atoms in total. The molecule has 0 bridgehead atoms. The molecule has 0 fully saturated rings. The summed E-state index contributed by atoms with van der Waals surface area (Å²) in [6.07, 6.45) is -0.545. The second-order valence-electron chi connectivity index (χ2n) is 5.16. The number of benzene rings is 1. The van der Waals surface area contributed by atoms with Crippen LogP contribution in [0.4, 0.5) is 0 Å². The third-order valence-electron chi connectivity index (χ3n) is 3.53. The second kappa shape index (κ2) is 5.79. The molecule has 1 aromatic carbocycles. The van der Waals surface area contributed by atoms with Gasteiger partial charge in [0.1, 0.15) is 16.7 Å². The van der Waals surface area contributed by atoms with Gasteiger partial charge in [0.2, 0.25) is 11.5 Å². The van der Waals surface area contributed by atoms with Crippen molar-refractivity contribution in [2.24, 2.45) is 0 Å². The van der Waals surface area contributed by atoms with E-state index >= 15 is 0 Å². The molecule has 2 aromatic rings. The number of phenols is 1. The number of carbonyl (C=O) groups excluding carboxylic acids is 2. The molecular formula is C16H11BrO7. The number of aromatic hydroxyl groups is 1. The van der Waals surface area contributed by atoms with Gasteiger partial charge in [0.25, 0.3) is 0 Å². The van der Waals surface area contributed by atoms with Gasteiger partial charge in [0, 0.05) is 6.08 Å². The van der Waals surface area contributed by atoms with Crippen molar-refractivity contribution >= 4 is 43.3 Å². The maximum atomic E-state index is 12.9. The Morgan fingerprint density at radius 1 is 1.33 bits per heavy atom. The number of halogens is 1. The Balaban J connectivity index is 2.45. The number of aryl methyl sites for hydroxylation is 1. The fraction of sp³-hybridized carbons (Fsp3) is 0.188. The fourth-order valence-electron chi connectivity index (χ4n) is 2.51. The van der Waals surface area contributed by atoms with E-state index in [0.29, 0.717) is 5.56 Å². The number of hydrogen-bond acceptors (Lipinski definition) is 7. The Morgan fingerprint density at radius 3 is 2.71 bits per heavy atom. The third kappa shape index (κ3) is 2.48. The van der Waals surface area contributed by atoms with Crippen molar-refractivity contribution in [1.29, 1.82) is 0 Å². The highest BCUT2D eigenvalue weighted by Crippen LogP contribution is 2.36. The van der Waals surface area contributed by atoms with Crippen molar-refractivity contribution in [1.82, 2.24) is 0 Å². The smallest absolute Gasteiger partial charge is 0.352 e. The van der Waals surface area contributed by atoms with Gasteiger partial charge in [0.05, 0.1) is 17.2 Å². The molecule has 0 aliphatic carbocycles. The van der Waals surface area contributed by atoms with E-state index in [-0.39, 0.29) is 32.5 Å². The van der Waals surface area contributed by atoms with Crippen LogP contribution < -0.4 is 5.43 Å². The maximum Gasteiger partial charge on any atom is 0.352 e. The van der Waals surface area contributed by atoms with Crippen molar-refractivity contribution in [2.75, 3.05) is 7.11 Å². The lowest BCUT2D eigenvalue weighted by molar-refractivity contribution is -0.163. The Morgan fingerprint density at radius 2 is 2.04 bits per heavy atom. The number of carbonyl (C=O) groups is 2. The minimum Gasteiger partial charge on any atom is -0.507 e. The van der Waals surface area contributed by atoms with Crippen LogP contribution in [0, 0.1) is 6.92 Å². The minimum atomic E-state index is -1.59. The summed E-state index contributed by atoms with van der Waals surface area (Å²) in [4.78, 5) is 36.6. The summed E-state index contributed by atoms with van der Waals surface area (Å²) < 4.78 is 15.4. The quantitative estimate of drug-likeness (QED) is 0.740. The van der Waals surface area contributed by atoms with E-state index in [0.717, 1.165) is 13.2 Å². The topological polar surface area (TPSA) is 103 Å². The molecule has 0 saturated carbocycles. The molecule has 1 aromatic heterocycles. The molecule has 0 radical (unpaired) electrons. The molecule has 1 aliphatic rings. The lowest BCUT2D eigenvalue weighted by Crippen LogP contribution is -2.26. The van der Waals surface area contributed by atoms with Crippen LogP contribution in [-0.2, 0) is 19.1 Å². The molecule has 8 heteroatoms. The van der Waals surface area contributed by atoms with Crippen LogP contribution in [0.5, 0.6) is 5.75 Å². The monoisotopic (exact) mass is 394 g/mol. The number of ether oxygens (including phenoxy) is 2. The fourth-order valence-corrected chi connectivity index (χ4v) is 2.99. The number of fused-ring (bicyclic) bond motifs is 2. The number of hydrogen-bond donors (Lipinski definition) is 1. The first-order valence-corrected chi connectivity index (χ1v) is 7.59. The first-order chi connectivity index (χ1) is 11.3. The molecule has 24 heavy (non-hydrogen) atoms. The van der Waals surface area contributed by atoms with Crippen molar-refractivity contribution in [3.63, 3.8) is 0 Å². The largest absolute Gasteiger partial charge is 0.507 e. The Bertz CT molecular complexity index is 971. The molecule has 0 saturated heterocycles. The van der Waals surface area contributed by atoms with E-state index in [1.54, 1.807) is 13.0 Å². The summed E-state index contributed by atoms with van der Waals surface area (Å²) >= 11 is 3.15. The average Bonchev–Trinajstić information content (AvgIpc) is 2.62. The van der Waals surface area contributed by atoms with Crippen LogP contribution in [0.1, 0.15) is 23.0 Å². The predicted octanol–water partition coefficient (Wildman–Crippen LogP) is 2.31. The highest BCUT2D eigenvalue weighted by atomic mass is 79.9. The molecule has 1 aliphatic heterocycles. The van der Waals surface area contributed by atoms with Crippen molar-refractivity contribution in [2.45, 2.75) is 13.0 Å². The summed E-state index contributed by atoms with van der Waals surface area (Å²) in [6.45, 7) is 1.72. The third-order valence-corrected chi connectivity index (χ3v) is 4.12. The van der Waals surface area contributed by atoms with Gasteiger partial charge < -0.3 is 19.0 Å². The van der Waals surface area contributed by atoms with Gasteiger partial charge >= 0.3 is 11.9 Å². The Labute approximate surface area is 143 Å². The lowest BCUT2D eigenvalue weighted by atomic mass is 10.0. The van der Waals surface area contributed by atoms with Crippen LogP contribution in [0.3, 0.4) is 0 Å². The minimum absolute atomic E-state index is 0.0289. The molecule has 0 unspecified atom stereocenters. The lowest BCUT2D eigenvalue weighted by Gasteiger charge is -2.15. The molecule has 124 valence electrons. The maximum absolute atomic E-state index is 12.9. The first-order valence-electron chi connectivity index (χ1n) is 6.79. The van der Waals surface area contributed by atoms with E-state index in [4.69, 9.17) is 9.15 Å². The normalized spacial score (nSPS) is 16.9. The summed E-state index contributed by atoms with van der Waals surface area (Å²) in [7, 11) is 1.10. The van der Waals surface area contributed by atoms with E-state index in [9.17, 15) is 19.5 Å². The number of esters is 2. The van der Waals surface area contributed by atoms with Gasteiger partial charge in [0.15, 0.2) is 5.76 Å². The van der Waals surface area contributed by atoms with E-state index in [2.05, 4.69) is 20.7 Å². The Kier molecular flexibility index (Phi) is 3.92. The van der Waals surface area contributed by atoms with Gasteiger partial charge in [-0.15, -0.1) is 0 Å². The number of cyclic esters (lactones) is 1. The van der Waals surface area contributed by atoms with Crippen molar-refractivity contribution < 1.29 is 28.6 Å². The van der Waals surface area contributed by atoms with Crippen LogP contribution >= 0.6 is 15.9 Å². The Hall–Kier alpha value is -2.61. The molecular weight excluding hydrogens is 384 g/mol. The summed E-state index contributed by atoms with van der Waals surface area (Å²) in [6, 6.07) is 2.96. The highest BCUT2D eigenvalue weighted by Gasteiger charge is 2.36. The second-order valence-corrected chi connectivity index (χ2v) is 6.02. The molecule has 0 amide bonds. The zero-order valence-electron chi connectivity index (χ0n) is 12.6. The standard InChI is InChI=1S/C16H11BrO7/c1-6-3-8(18)11-9(4-6)23-14-7(17)5-10(19)24-15(16(21)22-2)12(14)13(11)20/h3-5,15,18H,1-2H3/t15-/m0/s1. The van der Waals surface area contributed by atoms with E-state index in [1.807, 2.05) is 0 Å². The number of methoxy groups -OCH3 is 1. The molecule has 0 spiro atoms. The first kappa shape index (κ1) is 16.3. The summed E-state index contributed by atoms with van der Waals surface area (Å²) in [5.41, 5.74) is -0.102. The molecule has 3 rings (SSSR count). The van der Waals surface area contributed by atoms with Crippen molar-refractivity contribution in [3.8, 4) is 5.75 Å². The summed E-state index contributed by atoms with van der Waals surface area (Å²) in [5, 5.41) is 9.99. The molecule has 2 heterocycles. The van der Waals surface area contributed by atoms with Gasteiger partial charge in [-0.25, -0.2) is 9.59 Å².